The minimum absolute atomic E-state index is 0.181. The summed E-state index contributed by atoms with van der Waals surface area (Å²) in [6, 6.07) is 22.7. The Morgan fingerprint density at radius 2 is 1.71 bits per heavy atom. The summed E-state index contributed by atoms with van der Waals surface area (Å²) in [7, 11) is 4.68. The van der Waals surface area contributed by atoms with Crippen LogP contribution in [0.3, 0.4) is 0 Å². The van der Waals surface area contributed by atoms with E-state index < -0.39 is 12.0 Å². The van der Waals surface area contributed by atoms with Crippen molar-refractivity contribution >= 4 is 56.7 Å². The summed E-state index contributed by atoms with van der Waals surface area (Å²) in [5.74, 6) is 1.63. The van der Waals surface area contributed by atoms with Gasteiger partial charge < -0.3 is 23.7 Å². The fourth-order valence-corrected chi connectivity index (χ4v) is 7.64. The number of rotatable bonds is 10. The number of carbonyl (C=O) groups is 1. The average Bonchev–Trinajstić information content (AvgIpc) is 3.39. The molecule has 1 atom stereocenters. The number of halogens is 1. The van der Waals surface area contributed by atoms with Crippen LogP contribution in [0, 0.1) is 3.57 Å². The molecule has 0 bridgehead atoms. The predicted octanol–water partition coefficient (Wildman–Crippen LogP) is 6.16. The fraction of sp³-hybridized carbons (Fsp3) is 0.216. The molecule has 0 unspecified atom stereocenters. The normalized spacial score (nSPS) is 14.4. The van der Waals surface area contributed by atoms with Crippen LogP contribution in [0.4, 0.5) is 0 Å². The molecule has 4 aromatic carbocycles. The molecule has 0 amide bonds. The summed E-state index contributed by atoms with van der Waals surface area (Å²) >= 11 is 3.47. The number of fused-ring (bicyclic) bond motifs is 2. The highest BCUT2D eigenvalue weighted by molar-refractivity contribution is 14.1. The lowest BCUT2D eigenvalue weighted by Gasteiger charge is -2.25. The Morgan fingerprint density at radius 3 is 2.46 bits per heavy atom. The number of allylic oxidation sites excluding steroid dienone is 1. The molecule has 246 valence electrons. The molecule has 0 radical (unpaired) electrons. The summed E-state index contributed by atoms with van der Waals surface area (Å²) in [4.78, 5) is 32.6. The molecule has 48 heavy (non-hydrogen) atoms. The van der Waals surface area contributed by atoms with Gasteiger partial charge in [0.25, 0.3) is 5.56 Å². The Balaban J connectivity index is 1.41. The maximum atomic E-state index is 14.2. The molecule has 11 heteroatoms. The molecule has 0 spiro atoms. The third-order valence-electron chi connectivity index (χ3n) is 8.04. The van der Waals surface area contributed by atoms with Crippen molar-refractivity contribution in [2.75, 3.05) is 27.9 Å². The van der Waals surface area contributed by atoms with Gasteiger partial charge >= 0.3 is 5.97 Å². The van der Waals surface area contributed by atoms with E-state index in [4.69, 9.17) is 23.7 Å². The zero-order valence-electron chi connectivity index (χ0n) is 27.0. The molecule has 1 aromatic heterocycles. The Bertz CT molecular complexity index is 2250. The number of hydrogen-bond acceptors (Lipinski definition) is 9. The molecule has 0 fully saturated rings. The summed E-state index contributed by atoms with van der Waals surface area (Å²) in [6.07, 6.45) is 1.80. The minimum Gasteiger partial charge on any atom is -0.493 e. The van der Waals surface area contributed by atoms with Crippen LogP contribution >= 0.6 is 33.9 Å². The van der Waals surface area contributed by atoms with Gasteiger partial charge in [0.2, 0.25) is 0 Å². The topological polar surface area (TPSA) is 97.6 Å². The van der Waals surface area contributed by atoms with Gasteiger partial charge in [0, 0.05) is 0 Å². The Kier molecular flexibility index (Phi) is 9.88. The molecule has 9 nitrogen and oxygen atoms in total. The van der Waals surface area contributed by atoms with Gasteiger partial charge in [-0.25, -0.2) is 9.79 Å². The number of thiazole rings is 1. The molecule has 1 aliphatic heterocycles. The number of ether oxygens (including phenoxy) is 5. The van der Waals surface area contributed by atoms with E-state index in [1.54, 1.807) is 50.8 Å². The highest BCUT2D eigenvalue weighted by atomic mass is 127. The quantitative estimate of drug-likeness (QED) is 0.124. The summed E-state index contributed by atoms with van der Waals surface area (Å²) in [5.41, 5.74) is 2.94. The second kappa shape index (κ2) is 14.2. The lowest BCUT2D eigenvalue weighted by molar-refractivity contribution is -0.139. The molecular weight excluding hydrogens is 743 g/mol. The highest BCUT2D eigenvalue weighted by Crippen LogP contribution is 2.37. The van der Waals surface area contributed by atoms with Gasteiger partial charge in [-0.3, -0.25) is 9.36 Å². The fourth-order valence-electron chi connectivity index (χ4n) is 5.81. The van der Waals surface area contributed by atoms with Crippen molar-refractivity contribution in [3.8, 4) is 23.0 Å². The molecule has 2 heterocycles. The monoisotopic (exact) mass is 776 g/mol. The number of benzene rings is 4. The van der Waals surface area contributed by atoms with E-state index in [-0.39, 0.29) is 17.7 Å². The molecule has 0 N–H and O–H groups in total. The second-order valence-electron chi connectivity index (χ2n) is 10.9. The van der Waals surface area contributed by atoms with Crippen LogP contribution in [0.25, 0.3) is 16.8 Å². The Morgan fingerprint density at radius 1 is 0.958 bits per heavy atom. The third kappa shape index (κ3) is 6.31. The third-order valence-corrected chi connectivity index (χ3v) is 9.83. The first-order chi connectivity index (χ1) is 23.3. The van der Waals surface area contributed by atoms with Crippen molar-refractivity contribution in [3.05, 3.63) is 124 Å². The number of methoxy groups -OCH3 is 3. The van der Waals surface area contributed by atoms with E-state index in [2.05, 4.69) is 51.8 Å². The van der Waals surface area contributed by atoms with Gasteiger partial charge in [-0.1, -0.05) is 59.9 Å². The van der Waals surface area contributed by atoms with Crippen molar-refractivity contribution in [3.63, 3.8) is 0 Å². The number of aromatic nitrogens is 1. The van der Waals surface area contributed by atoms with Gasteiger partial charge in [-0.05, 0) is 94.2 Å². The summed E-state index contributed by atoms with van der Waals surface area (Å²) in [6.45, 7) is 4.04. The van der Waals surface area contributed by atoms with Crippen LogP contribution in [0.15, 0.2) is 93.9 Å². The summed E-state index contributed by atoms with van der Waals surface area (Å²) in [5, 5.41) is 2.28. The van der Waals surface area contributed by atoms with Crippen LogP contribution in [0.1, 0.15) is 36.6 Å². The van der Waals surface area contributed by atoms with Crippen LogP contribution < -0.4 is 33.8 Å². The first-order valence-electron chi connectivity index (χ1n) is 15.2. The second-order valence-corrected chi connectivity index (χ2v) is 13.0. The number of nitrogens with zero attached hydrogens (tertiary/aromatic N) is 2. The molecule has 1 aliphatic rings. The summed E-state index contributed by atoms with van der Waals surface area (Å²) < 4.78 is 31.3. The zero-order chi connectivity index (χ0) is 33.9. The van der Waals surface area contributed by atoms with Crippen LogP contribution in [-0.2, 0) is 16.1 Å². The number of esters is 1. The molecule has 0 saturated carbocycles. The zero-order valence-corrected chi connectivity index (χ0v) is 30.0. The van der Waals surface area contributed by atoms with Crippen LogP contribution in [0.2, 0.25) is 0 Å². The van der Waals surface area contributed by atoms with E-state index in [1.807, 2.05) is 36.4 Å². The molecular formula is C37H33IN2O7S. The van der Waals surface area contributed by atoms with Crippen LogP contribution in [-0.4, -0.2) is 38.5 Å². The van der Waals surface area contributed by atoms with Crippen molar-refractivity contribution in [2.45, 2.75) is 26.5 Å². The van der Waals surface area contributed by atoms with E-state index in [0.717, 1.165) is 25.5 Å². The lowest BCUT2D eigenvalue weighted by atomic mass is 9.95. The van der Waals surface area contributed by atoms with E-state index in [9.17, 15) is 9.59 Å². The molecule has 6 rings (SSSR count). The average molecular weight is 777 g/mol. The smallest absolute Gasteiger partial charge is 0.338 e. The maximum absolute atomic E-state index is 14.2. The SMILES string of the molecule is CCOC(=O)C1=C(C)N=c2sc(=Cc3cc(I)c(OCc4cccc5ccccc45)c(OC)c3)c(=O)n2[C@H]1c1ccc(OC)c(OC)c1. The Labute approximate surface area is 294 Å². The van der Waals surface area contributed by atoms with Crippen LogP contribution in [0.5, 0.6) is 23.0 Å². The van der Waals surface area contributed by atoms with Crippen molar-refractivity contribution < 1.29 is 28.5 Å². The van der Waals surface area contributed by atoms with Crippen molar-refractivity contribution in [1.82, 2.24) is 4.57 Å². The van der Waals surface area contributed by atoms with Crippen molar-refractivity contribution in [1.29, 1.82) is 0 Å². The lowest BCUT2D eigenvalue weighted by Crippen LogP contribution is -2.40. The largest absolute Gasteiger partial charge is 0.493 e. The van der Waals surface area contributed by atoms with Gasteiger partial charge in [0.15, 0.2) is 27.8 Å². The molecule has 0 aliphatic carbocycles. The van der Waals surface area contributed by atoms with E-state index >= 15 is 0 Å². The van der Waals surface area contributed by atoms with E-state index in [1.165, 1.54) is 18.4 Å². The molecule has 0 saturated heterocycles. The molecule has 5 aromatic rings. The first-order valence-corrected chi connectivity index (χ1v) is 17.1. The Hall–Kier alpha value is -4.62. The number of hydrogen-bond donors (Lipinski definition) is 0. The first kappa shape index (κ1) is 33.3. The van der Waals surface area contributed by atoms with E-state index in [0.29, 0.717) is 50.2 Å². The standard InChI is InChI=1S/C37H33IN2O7S/c1-6-46-36(42)32-21(2)39-37-40(33(32)24-14-15-28(43-3)29(19-24)44-4)35(41)31(48-37)18-22-16-27(38)34(30(17-22)45-5)47-20-25-12-9-11-23-10-7-8-13-26(23)25/h7-19,33H,6,20H2,1-5H3/t33-/m0/s1. The van der Waals surface area contributed by atoms with Gasteiger partial charge in [0.1, 0.15) is 6.61 Å². The van der Waals surface area contributed by atoms with Crippen molar-refractivity contribution in [2.24, 2.45) is 4.99 Å². The minimum atomic E-state index is -0.790. The highest BCUT2D eigenvalue weighted by Gasteiger charge is 2.34. The maximum Gasteiger partial charge on any atom is 0.338 e. The number of carbonyl (C=O) groups excluding carboxylic acids is 1. The van der Waals surface area contributed by atoms with Gasteiger partial charge in [-0.15, -0.1) is 0 Å². The van der Waals surface area contributed by atoms with Gasteiger partial charge in [-0.2, -0.15) is 0 Å². The predicted molar refractivity (Wildman–Crippen MR) is 194 cm³/mol. The van der Waals surface area contributed by atoms with Gasteiger partial charge in [0.05, 0.1) is 53.4 Å².